The zero-order valence-electron chi connectivity index (χ0n) is 14.1. The van der Waals surface area contributed by atoms with E-state index >= 15 is 0 Å². The molecule has 2 heterocycles. The van der Waals surface area contributed by atoms with Crippen molar-refractivity contribution in [2.24, 2.45) is 0 Å². The summed E-state index contributed by atoms with van der Waals surface area (Å²) in [6.07, 6.45) is 1.55. The highest BCUT2D eigenvalue weighted by Gasteiger charge is 2.23. The van der Waals surface area contributed by atoms with Gasteiger partial charge in [-0.2, -0.15) is 4.72 Å². The highest BCUT2D eigenvalue weighted by atomic mass is 35.5. The first-order valence-electron chi connectivity index (χ1n) is 7.78. The summed E-state index contributed by atoms with van der Waals surface area (Å²) in [4.78, 5) is 16.4. The van der Waals surface area contributed by atoms with Gasteiger partial charge in [0.15, 0.2) is 10.8 Å². The van der Waals surface area contributed by atoms with Crippen LogP contribution in [0.3, 0.4) is 0 Å². The number of carbonyl (C=O) groups excluding carboxylic acids is 1. The van der Waals surface area contributed by atoms with Crippen molar-refractivity contribution < 1.29 is 22.4 Å². The van der Waals surface area contributed by atoms with Crippen LogP contribution in [0.4, 0.5) is 0 Å². The summed E-state index contributed by atoms with van der Waals surface area (Å²) in [6.45, 7) is 1.34. The Morgan fingerprint density at radius 2 is 2.07 bits per heavy atom. The molecule has 1 aromatic carbocycles. The molecule has 0 spiro atoms. The van der Waals surface area contributed by atoms with Gasteiger partial charge in [-0.1, -0.05) is 11.6 Å². The summed E-state index contributed by atoms with van der Waals surface area (Å²) in [5.41, 5.74) is 0.549. The van der Waals surface area contributed by atoms with Gasteiger partial charge < -0.3 is 9.15 Å². The van der Waals surface area contributed by atoms with Crippen molar-refractivity contribution in [3.8, 4) is 10.8 Å². The molecule has 0 saturated heterocycles. The number of halogens is 1. The number of nitrogens with zero attached hydrogens (tertiary/aromatic N) is 1. The summed E-state index contributed by atoms with van der Waals surface area (Å²) < 4.78 is 37.2. The Kier molecular flexibility index (Phi) is 5.95. The van der Waals surface area contributed by atoms with Gasteiger partial charge >= 0.3 is 5.97 Å². The van der Waals surface area contributed by atoms with Crippen LogP contribution in [-0.2, 0) is 26.2 Å². The number of ether oxygens (including phenoxy) is 1. The molecule has 3 rings (SSSR count). The van der Waals surface area contributed by atoms with Gasteiger partial charge in [-0.05, 0) is 43.3 Å². The molecule has 0 radical (unpaired) electrons. The van der Waals surface area contributed by atoms with E-state index in [1.54, 1.807) is 23.8 Å². The van der Waals surface area contributed by atoms with Gasteiger partial charge in [-0.25, -0.2) is 13.4 Å². The summed E-state index contributed by atoms with van der Waals surface area (Å²) in [6, 6.07) is 8.10. The number of hydrogen-bond donors (Lipinski definition) is 1. The van der Waals surface area contributed by atoms with Crippen LogP contribution >= 0.6 is 22.9 Å². The molecule has 142 valence electrons. The van der Waals surface area contributed by atoms with Gasteiger partial charge in [-0.15, -0.1) is 11.3 Å². The predicted octanol–water partition coefficient (Wildman–Crippen LogP) is 3.47. The maximum absolute atomic E-state index is 12.3. The quantitative estimate of drug-likeness (QED) is 0.581. The third-order valence-electron chi connectivity index (χ3n) is 3.46. The Morgan fingerprint density at radius 3 is 2.74 bits per heavy atom. The maximum atomic E-state index is 12.3. The highest BCUT2D eigenvalue weighted by Crippen LogP contribution is 2.24. The van der Waals surface area contributed by atoms with E-state index < -0.39 is 22.0 Å². The Bertz CT molecular complexity index is 1010. The minimum Gasteiger partial charge on any atom is -0.462 e. The summed E-state index contributed by atoms with van der Waals surface area (Å²) in [5.74, 6) is -0.0817. The molecule has 0 bridgehead atoms. The van der Waals surface area contributed by atoms with Crippen molar-refractivity contribution in [3.05, 3.63) is 58.8 Å². The number of furan rings is 1. The zero-order valence-corrected chi connectivity index (χ0v) is 16.5. The molecular weight excluding hydrogens is 412 g/mol. The zero-order chi connectivity index (χ0) is 19.4. The topological polar surface area (TPSA) is 98.5 Å². The number of carbonyl (C=O) groups is 1. The Hall–Kier alpha value is -2.20. The number of sulfonamides is 1. The molecule has 0 saturated carbocycles. The molecule has 0 aliphatic carbocycles. The van der Waals surface area contributed by atoms with Crippen molar-refractivity contribution in [1.82, 2.24) is 9.71 Å². The lowest BCUT2D eigenvalue weighted by atomic mass is 10.4. The molecule has 0 fully saturated rings. The van der Waals surface area contributed by atoms with Crippen LogP contribution in [0.1, 0.15) is 12.6 Å². The summed E-state index contributed by atoms with van der Waals surface area (Å²) >= 11 is 7.11. The lowest BCUT2D eigenvalue weighted by Crippen LogP contribution is -2.39. The fraction of sp³-hybridized carbons (Fsp3) is 0.176. The van der Waals surface area contributed by atoms with Gasteiger partial charge in [-0.3, -0.25) is 4.79 Å². The van der Waals surface area contributed by atoms with E-state index in [1.165, 1.54) is 42.5 Å². The van der Waals surface area contributed by atoms with Crippen LogP contribution in [0.5, 0.6) is 0 Å². The number of benzene rings is 1. The molecule has 0 amide bonds. The molecule has 1 N–H and O–H groups in total. The molecule has 7 nitrogen and oxygen atoms in total. The molecule has 0 aliphatic rings. The van der Waals surface area contributed by atoms with Gasteiger partial charge in [0.2, 0.25) is 10.0 Å². The molecule has 3 aromatic rings. The van der Waals surface area contributed by atoms with Crippen LogP contribution in [0.2, 0.25) is 5.02 Å². The molecule has 0 unspecified atom stereocenters. The Balaban J connectivity index is 1.57. The van der Waals surface area contributed by atoms with E-state index in [4.69, 9.17) is 20.8 Å². The smallest absolute Gasteiger partial charge is 0.324 e. The van der Waals surface area contributed by atoms with Gasteiger partial charge in [0.25, 0.3) is 0 Å². The third-order valence-corrected chi connectivity index (χ3v) is 6.17. The molecule has 0 aliphatic heterocycles. The number of rotatable bonds is 7. The number of aromatic nitrogens is 1. The van der Waals surface area contributed by atoms with Crippen LogP contribution in [-0.4, -0.2) is 25.4 Å². The van der Waals surface area contributed by atoms with Crippen LogP contribution in [0, 0.1) is 0 Å². The number of hydrogen-bond acceptors (Lipinski definition) is 7. The largest absolute Gasteiger partial charge is 0.462 e. The molecule has 2 aromatic heterocycles. The Morgan fingerprint density at radius 1 is 1.33 bits per heavy atom. The summed E-state index contributed by atoms with van der Waals surface area (Å²) in [7, 11) is -3.87. The monoisotopic (exact) mass is 426 g/mol. The van der Waals surface area contributed by atoms with E-state index in [9.17, 15) is 13.2 Å². The normalized spacial score (nSPS) is 12.7. The third kappa shape index (κ3) is 4.95. The minimum absolute atomic E-state index is 0.00846. The van der Waals surface area contributed by atoms with E-state index in [2.05, 4.69) is 9.71 Å². The SMILES string of the molecule is C[C@H](NS(=O)(=O)c1ccc(Cl)cc1)C(=O)OCc1csc(-c2ccco2)n1. The fourth-order valence-corrected chi connectivity index (χ4v) is 4.21. The van der Waals surface area contributed by atoms with E-state index in [0.29, 0.717) is 21.5 Å². The second-order valence-electron chi connectivity index (χ2n) is 5.53. The average molecular weight is 427 g/mol. The number of nitrogens with one attached hydrogen (secondary N) is 1. The average Bonchev–Trinajstić information content (AvgIpc) is 3.31. The van der Waals surface area contributed by atoms with E-state index in [1.807, 2.05) is 0 Å². The minimum atomic E-state index is -3.87. The molecule has 10 heteroatoms. The van der Waals surface area contributed by atoms with E-state index in [0.717, 1.165) is 0 Å². The molecule has 1 atom stereocenters. The first-order chi connectivity index (χ1) is 12.8. The standard InChI is InChI=1S/C17H15ClN2O5S2/c1-11(20-27(22,23)14-6-4-12(18)5-7-14)17(21)25-9-13-10-26-16(19-13)15-3-2-8-24-15/h2-8,10-11,20H,9H2,1H3/t11-/m0/s1. The fourth-order valence-electron chi connectivity index (χ4n) is 2.12. The molecular formula is C17H15ClN2O5S2. The first-order valence-corrected chi connectivity index (χ1v) is 10.5. The lowest BCUT2D eigenvalue weighted by molar-refractivity contribution is -0.146. The Labute approximate surface area is 165 Å². The van der Waals surface area contributed by atoms with Crippen LogP contribution < -0.4 is 4.72 Å². The van der Waals surface area contributed by atoms with Gasteiger partial charge in [0, 0.05) is 10.4 Å². The second kappa shape index (κ2) is 8.22. The van der Waals surface area contributed by atoms with E-state index in [-0.39, 0.29) is 11.5 Å². The van der Waals surface area contributed by atoms with Crippen molar-refractivity contribution in [3.63, 3.8) is 0 Å². The number of esters is 1. The maximum Gasteiger partial charge on any atom is 0.324 e. The molecule has 27 heavy (non-hydrogen) atoms. The van der Waals surface area contributed by atoms with Crippen molar-refractivity contribution in [1.29, 1.82) is 0 Å². The second-order valence-corrected chi connectivity index (χ2v) is 8.53. The van der Waals surface area contributed by atoms with Crippen molar-refractivity contribution >= 4 is 38.9 Å². The highest BCUT2D eigenvalue weighted by molar-refractivity contribution is 7.89. The summed E-state index contributed by atoms with van der Waals surface area (Å²) in [5, 5.41) is 2.83. The van der Waals surface area contributed by atoms with Crippen LogP contribution in [0.15, 0.2) is 57.4 Å². The van der Waals surface area contributed by atoms with Gasteiger partial charge in [0.1, 0.15) is 12.6 Å². The van der Waals surface area contributed by atoms with Crippen molar-refractivity contribution in [2.45, 2.75) is 24.5 Å². The number of thiazole rings is 1. The van der Waals surface area contributed by atoms with Crippen LogP contribution in [0.25, 0.3) is 10.8 Å². The first kappa shape index (κ1) is 19.6. The van der Waals surface area contributed by atoms with Gasteiger partial charge in [0.05, 0.1) is 16.9 Å². The lowest BCUT2D eigenvalue weighted by Gasteiger charge is -2.13. The predicted molar refractivity (Wildman–Crippen MR) is 101 cm³/mol. The van der Waals surface area contributed by atoms with Crippen molar-refractivity contribution in [2.75, 3.05) is 0 Å².